The van der Waals surface area contributed by atoms with Crippen LogP contribution < -0.4 is 5.32 Å². The van der Waals surface area contributed by atoms with Gasteiger partial charge in [0.15, 0.2) is 16.4 Å². The highest BCUT2D eigenvalue weighted by Crippen LogP contribution is 2.28. The van der Waals surface area contributed by atoms with Crippen molar-refractivity contribution in [3.05, 3.63) is 35.4 Å². The molecule has 3 amide bonds. The van der Waals surface area contributed by atoms with Gasteiger partial charge in [-0.25, -0.2) is 13.2 Å². The predicted molar refractivity (Wildman–Crippen MR) is 106 cm³/mol. The molecule has 1 saturated heterocycles. The Kier molecular flexibility index (Phi) is 6.25. The summed E-state index contributed by atoms with van der Waals surface area (Å²) < 4.78 is 28.1. The summed E-state index contributed by atoms with van der Waals surface area (Å²) in [5.41, 5.74) is 0.451. The minimum atomic E-state index is -3.15. The number of ether oxygens (including phenoxy) is 1. The lowest BCUT2D eigenvalue weighted by Crippen LogP contribution is -2.50. The minimum Gasteiger partial charge on any atom is -0.454 e. The first-order valence-electron chi connectivity index (χ1n) is 9.78. The average molecular weight is 436 g/mol. The third-order valence-electron chi connectivity index (χ3n) is 5.47. The van der Waals surface area contributed by atoms with Crippen molar-refractivity contribution in [3.8, 4) is 0 Å². The number of hydrogen-bond acceptors (Lipinski definition) is 7. The van der Waals surface area contributed by atoms with Gasteiger partial charge in [0, 0.05) is 6.04 Å². The third kappa shape index (κ3) is 4.38. The van der Waals surface area contributed by atoms with Crippen LogP contribution in [0.25, 0.3) is 0 Å². The van der Waals surface area contributed by atoms with Gasteiger partial charge in [-0.3, -0.25) is 19.3 Å². The number of rotatable bonds is 7. The maximum Gasteiger partial charge on any atom is 0.330 e. The molecule has 10 heteroatoms. The van der Waals surface area contributed by atoms with E-state index in [0.717, 1.165) is 4.90 Å². The Hall–Kier alpha value is -2.75. The van der Waals surface area contributed by atoms with Gasteiger partial charge in [0.05, 0.1) is 22.6 Å². The number of fused-ring (bicyclic) bond motifs is 1. The molecule has 2 aliphatic heterocycles. The van der Waals surface area contributed by atoms with E-state index in [-0.39, 0.29) is 28.6 Å². The average Bonchev–Trinajstić information content (AvgIpc) is 3.17. The Morgan fingerprint density at radius 3 is 2.30 bits per heavy atom. The highest BCUT2D eigenvalue weighted by Gasteiger charge is 2.45. The van der Waals surface area contributed by atoms with Crippen LogP contribution in [-0.2, 0) is 24.2 Å². The van der Waals surface area contributed by atoms with Crippen LogP contribution in [0.2, 0.25) is 0 Å². The Morgan fingerprint density at radius 1 is 1.20 bits per heavy atom. The van der Waals surface area contributed by atoms with E-state index >= 15 is 0 Å². The number of amides is 3. The van der Waals surface area contributed by atoms with E-state index in [1.165, 1.54) is 12.1 Å². The summed E-state index contributed by atoms with van der Waals surface area (Å²) in [6.45, 7) is 2.92. The minimum absolute atomic E-state index is 0.00751. The van der Waals surface area contributed by atoms with Gasteiger partial charge in [0.25, 0.3) is 17.7 Å². The number of hydrogen-bond donors (Lipinski definition) is 1. The fourth-order valence-corrected chi connectivity index (χ4v) is 5.35. The Balaban J connectivity index is 1.68. The van der Waals surface area contributed by atoms with Crippen molar-refractivity contribution in [3.63, 3.8) is 0 Å². The van der Waals surface area contributed by atoms with E-state index in [1.807, 2.05) is 6.92 Å². The summed E-state index contributed by atoms with van der Waals surface area (Å²) in [6.07, 6.45) is 0.811. The Labute approximate surface area is 174 Å². The lowest BCUT2D eigenvalue weighted by atomic mass is 9.97. The molecular formula is C20H24N2O7S. The highest BCUT2D eigenvalue weighted by atomic mass is 32.2. The number of nitrogens with zero attached hydrogens (tertiary/aromatic N) is 1. The van der Waals surface area contributed by atoms with Gasteiger partial charge in [-0.15, -0.1) is 0 Å². The molecule has 0 aliphatic carbocycles. The second kappa shape index (κ2) is 8.55. The lowest BCUT2D eigenvalue weighted by Gasteiger charge is -2.28. The molecule has 1 unspecified atom stereocenters. The van der Waals surface area contributed by atoms with Crippen molar-refractivity contribution < 1.29 is 32.3 Å². The van der Waals surface area contributed by atoms with Crippen LogP contribution in [0.5, 0.6) is 0 Å². The molecular weight excluding hydrogens is 412 g/mol. The Bertz CT molecular complexity index is 954. The quantitative estimate of drug-likeness (QED) is 0.488. The first-order chi connectivity index (χ1) is 14.1. The van der Waals surface area contributed by atoms with Crippen LogP contribution >= 0.6 is 0 Å². The lowest BCUT2D eigenvalue weighted by molar-refractivity contribution is -0.154. The molecule has 1 aromatic rings. The molecule has 30 heavy (non-hydrogen) atoms. The fourth-order valence-electron chi connectivity index (χ4n) is 3.68. The number of esters is 1. The van der Waals surface area contributed by atoms with Gasteiger partial charge in [-0.1, -0.05) is 32.4 Å². The molecule has 3 atom stereocenters. The topological polar surface area (TPSA) is 127 Å². The summed E-state index contributed by atoms with van der Waals surface area (Å²) >= 11 is 0. The molecule has 1 N–H and O–H groups in total. The van der Waals surface area contributed by atoms with Crippen molar-refractivity contribution in [1.82, 2.24) is 10.2 Å². The molecule has 9 nitrogen and oxygen atoms in total. The predicted octanol–water partition coefficient (Wildman–Crippen LogP) is 0.544. The van der Waals surface area contributed by atoms with Crippen molar-refractivity contribution in [2.45, 2.75) is 38.8 Å². The highest BCUT2D eigenvalue weighted by molar-refractivity contribution is 7.91. The van der Waals surface area contributed by atoms with Crippen LogP contribution in [0.1, 0.15) is 47.4 Å². The zero-order valence-corrected chi connectivity index (χ0v) is 17.6. The van der Waals surface area contributed by atoms with Crippen molar-refractivity contribution >= 4 is 33.5 Å². The number of sulfone groups is 1. The summed E-state index contributed by atoms with van der Waals surface area (Å²) in [4.78, 5) is 51.3. The number of carbonyl (C=O) groups excluding carboxylic acids is 4. The van der Waals surface area contributed by atoms with E-state index < -0.39 is 52.2 Å². The zero-order chi connectivity index (χ0) is 22.1. The first-order valence-corrected chi connectivity index (χ1v) is 11.6. The van der Waals surface area contributed by atoms with Gasteiger partial charge in [-0.05, 0) is 24.5 Å². The molecule has 3 rings (SSSR count). The van der Waals surface area contributed by atoms with Gasteiger partial charge in [0.2, 0.25) is 0 Å². The van der Waals surface area contributed by atoms with E-state index in [9.17, 15) is 27.6 Å². The van der Waals surface area contributed by atoms with Crippen LogP contribution in [0.4, 0.5) is 0 Å². The molecule has 2 aliphatic rings. The van der Waals surface area contributed by atoms with E-state index in [4.69, 9.17) is 4.74 Å². The molecule has 0 spiro atoms. The molecule has 0 radical (unpaired) electrons. The van der Waals surface area contributed by atoms with Crippen LogP contribution in [0, 0.1) is 5.92 Å². The largest absolute Gasteiger partial charge is 0.454 e. The van der Waals surface area contributed by atoms with Gasteiger partial charge in [0.1, 0.15) is 6.04 Å². The molecule has 0 aromatic heterocycles. The second-order valence-corrected chi connectivity index (χ2v) is 9.86. The van der Waals surface area contributed by atoms with Crippen LogP contribution in [-0.4, -0.2) is 67.2 Å². The van der Waals surface area contributed by atoms with Gasteiger partial charge in [-0.2, -0.15) is 0 Å². The number of imide groups is 1. The maximum absolute atomic E-state index is 12.8. The summed E-state index contributed by atoms with van der Waals surface area (Å²) in [5.74, 6) is -3.14. The molecule has 0 saturated carbocycles. The summed E-state index contributed by atoms with van der Waals surface area (Å²) in [7, 11) is -3.15. The van der Waals surface area contributed by atoms with E-state index in [0.29, 0.717) is 12.8 Å². The SMILES string of the molecule is CC[C@H](C)[C@@H](C(=O)OCC(=O)NC1CCS(=O)(=O)C1)N1C(=O)c2ccccc2C1=O. The molecule has 0 bridgehead atoms. The summed E-state index contributed by atoms with van der Waals surface area (Å²) in [6, 6.07) is 4.65. The fraction of sp³-hybridized carbons (Fsp3) is 0.500. The molecule has 1 fully saturated rings. The monoisotopic (exact) mass is 436 g/mol. The van der Waals surface area contributed by atoms with Gasteiger partial charge < -0.3 is 10.1 Å². The molecule has 162 valence electrons. The van der Waals surface area contributed by atoms with E-state index in [2.05, 4.69) is 5.32 Å². The van der Waals surface area contributed by atoms with Gasteiger partial charge >= 0.3 is 5.97 Å². The van der Waals surface area contributed by atoms with Crippen LogP contribution in [0.3, 0.4) is 0 Å². The molecule has 1 aromatic carbocycles. The van der Waals surface area contributed by atoms with E-state index in [1.54, 1.807) is 19.1 Å². The molecule has 2 heterocycles. The number of nitrogens with one attached hydrogen (secondary N) is 1. The van der Waals surface area contributed by atoms with Crippen molar-refractivity contribution in [1.29, 1.82) is 0 Å². The normalized spacial score (nSPS) is 21.8. The smallest absolute Gasteiger partial charge is 0.330 e. The Morgan fingerprint density at radius 2 is 1.80 bits per heavy atom. The maximum atomic E-state index is 12.8. The van der Waals surface area contributed by atoms with Crippen molar-refractivity contribution in [2.24, 2.45) is 5.92 Å². The second-order valence-electron chi connectivity index (χ2n) is 7.63. The van der Waals surface area contributed by atoms with Crippen LogP contribution in [0.15, 0.2) is 24.3 Å². The zero-order valence-electron chi connectivity index (χ0n) is 16.8. The number of carbonyl (C=O) groups is 4. The standard InChI is InChI=1S/C20H24N2O7S/c1-3-12(2)17(22-18(24)14-6-4-5-7-15(14)19(22)25)20(26)29-10-16(23)21-13-8-9-30(27,28)11-13/h4-7,12-13,17H,3,8-11H2,1-2H3,(H,21,23)/t12-,13?,17-/m0/s1. The summed E-state index contributed by atoms with van der Waals surface area (Å²) in [5, 5.41) is 2.53. The van der Waals surface area contributed by atoms with Crippen molar-refractivity contribution in [2.75, 3.05) is 18.1 Å². The first kappa shape index (κ1) is 21.9. The third-order valence-corrected chi connectivity index (χ3v) is 7.24. The number of benzene rings is 1.